The number of hydrogen-bond donors (Lipinski definition) is 3. The first-order valence-electron chi connectivity index (χ1n) is 12.8. The van der Waals surface area contributed by atoms with E-state index in [9.17, 15) is 27.2 Å². The fourth-order valence-corrected chi connectivity index (χ4v) is 2.77. The Morgan fingerprint density at radius 3 is 1.65 bits per heavy atom. The van der Waals surface area contributed by atoms with Crippen LogP contribution >= 0.6 is 0 Å². The molecular weight excluding hydrogens is 699 g/mol. The van der Waals surface area contributed by atoms with Gasteiger partial charge in [-0.15, -0.1) is 35.9 Å². The van der Waals surface area contributed by atoms with Gasteiger partial charge in [0.2, 0.25) is 12.8 Å². The van der Waals surface area contributed by atoms with E-state index in [0.717, 1.165) is 48.3 Å². The first-order valence-corrected chi connectivity index (χ1v) is 12.8. The molecule has 246 valence electrons. The van der Waals surface area contributed by atoms with E-state index in [1.807, 2.05) is 42.5 Å². The third-order valence-electron chi connectivity index (χ3n) is 4.55. The van der Waals surface area contributed by atoms with Crippen LogP contribution in [0.1, 0.15) is 0 Å². The van der Waals surface area contributed by atoms with E-state index in [-0.39, 0.29) is 31.8 Å². The number of nitrogens with zero attached hydrogens (tertiary/aromatic N) is 4. The third kappa shape index (κ3) is 18.5. The number of guanidine groups is 2. The second kappa shape index (κ2) is 22.4. The van der Waals surface area contributed by atoms with E-state index < -0.39 is 35.2 Å². The molecule has 1 aromatic heterocycles. The normalized spacial score (nSPS) is 9.61. The van der Waals surface area contributed by atoms with Crippen LogP contribution in [0, 0.1) is 34.7 Å². The molecule has 0 radical (unpaired) electrons. The predicted molar refractivity (Wildman–Crippen MR) is 167 cm³/mol. The summed E-state index contributed by atoms with van der Waals surface area (Å²) in [5.74, 6) is -4.56. The molecule has 0 aliphatic carbocycles. The number of nitrogens with one attached hydrogen (secondary N) is 4. The summed E-state index contributed by atoms with van der Waals surface area (Å²) in [4.78, 5) is 29.4. The largest absolute Gasteiger partial charge is 2.00 e. The number of aliphatic imine (C=N–C) groups is 1. The van der Waals surface area contributed by atoms with E-state index in [2.05, 4.69) is 26.7 Å². The molecule has 0 saturated heterocycles. The van der Waals surface area contributed by atoms with Crippen molar-refractivity contribution in [2.75, 3.05) is 38.8 Å². The van der Waals surface area contributed by atoms with Crippen LogP contribution in [0.5, 0.6) is 0 Å². The van der Waals surface area contributed by atoms with Gasteiger partial charge in [-0.25, -0.2) is 17.6 Å². The molecule has 46 heavy (non-hydrogen) atoms. The number of halogens is 4. The molecule has 1 heterocycles. The fraction of sp³-hybridized carbons (Fsp3) is 0.129. The van der Waals surface area contributed by atoms with Crippen LogP contribution in [-0.2, 0) is 30.0 Å². The maximum atomic E-state index is 13.0. The molecule has 0 aliphatic heterocycles. The topological polar surface area (TPSA) is 138 Å². The Morgan fingerprint density at radius 1 is 0.804 bits per heavy atom. The van der Waals surface area contributed by atoms with Crippen molar-refractivity contribution < 1.29 is 47.6 Å². The summed E-state index contributed by atoms with van der Waals surface area (Å²) in [6.45, 7) is 0. The van der Waals surface area contributed by atoms with Gasteiger partial charge in [0.05, 0.1) is 0 Å². The van der Waals surface area contributed by atoms with Crippen LogP contribution in [0.15, 0.2) is 90.1 Å². The maximum Gasteiger partial charge on any atom is 2.00 e. The van der Waals surface area contributed by atoms with Crippen molar-refractivity contribution in [2.45, 2.75) is 0 Å². The average molecular weight is 731 g/mol. The van der Waals surface area contributed by atoms with Crippen LogP contribution in [0.3, 0.4) is 0 Å². The first kappa shape index (κ1) is 40.9. The number of carbonyl (C=O) groups excluding carboxylic acids is 2. The molecule has 10 nitrogen and oxygen atoms in total. The molecule has 2 amide bonds. The monoisotopic (exact) mass is 730 g/mol. The third-order valence-corrected chi connectivity index (χ3v) is 4.55. The van der Waals surface area contributed by atoms with Gasteiger partial charge in [0, 0.05) is 58.2 Å². The summed E-state index contributed by atoms with van der Waals surface area (Å²) in [5.41, 5.74) is 9.37. The van der Waals surface area contributed by atoms with Gasteiger partial charge in [0.15, 0.2) is 0 Å². The molecule has 0 atom stereocenters. The summed E-state index contributed by atoms with van der Waals surface area (Å²) >= 11 is 0. The molecule has 0 aliphatic rings. The van der Waals surface area contributed by atoms with Crippen molar-refractivity contribution in [3.8, 4) is 11.3 Å². The second-order valence-corrected chi connectivity index (χ2v) is 9.00. The zero-order valence-electron chi connectivity index (χ0n) is 25.2. The maximum absolute atomic E-state index is 13.0. The zero-order valence-corrected chi connectivity index (χ0v) is 26.7. The number of rotatable bonds is 5. The minimum absolute atomic E-state index is 0. The Balaban J connectivity index is 0.000000729. The van der Waals surface area contributed by atoms with Gasteiger partial charge in [-0.05, 0) is 41.7 Å². The second-order valence-electron chi connectivity index (χ2n) is 9.00. The smallest absolute Gasteiger partial charge is 0.412 e. The Hall–Kier alpha value is -5.13. The Kier molecular flexibility index (Phi) is 19.9. The number of hydrogen-bond acceptors (Lipinski definition) is 4. The molecule has 4 rings (SSSR count). The van der Waals surface area contributed by atoms with Gasteiger partial charge in [0.1, 0.15) is 29.2 Å². The van der Waals surface area contributed by atoms with Gasteiger partial charge in [-0.2, -0.15) is 0 Å². The number of benzene rings is 3. The fourth-order valence-electron chi connectivity index (χ4n) is 2.77. The number of pyridine rings is 1. The van der Waals surface area contributed by atoms with Gasteiger partial charge in [-0.3, -0.25) is 15.0 Å². The van der Waals surface area contributed by atoms with Gasteiger partial charge in [0.25, 0.3) is 0 Å². The van der Waals surface area contributed by atoms with Gasteiger partial charge < -0.3 is 36.1 Å². The standard InChI is InChI=1S/C14H10F4N5.C11H8N.2C3H7NO.Pd/c15-7-1-8(16)4-11(3-7)21-13(19)23-14(20)22-12-5-9(17)2-10(18)6-12;1-2-6-10(7-3-1)11-8-4-5-9-12-11;2*1-4(2)3-5;/h1-6H,(H4-,19,20,21,22,23);1-6,8-9H;2*3H,1-2H3;/q2*-1;;;+2. The van der Waals surface area contributed by atoms with Crippen molar-refractivity contribution in [3.63, 3.8) is 0 Å². The molecule has 3 aromatic carbocycles. The predicted octanol–water partition coefficient (Wildman–Crippen LogP) is 6.07. The average Bonchev–Trinajstić information content (AvgIpc) is 2.97. The molecule has 0 saturated carbocycles. The van der Waals surface area contributed by atoms with Crippen molar-refractivity contribution in [1.82, 2.24) is 14.8 Å². The Bertz CT molecular complexity index is 1440. The zero-order chi connectivity index (χ0) is 33.8. The minimum Gasteiger partial charge on any atom is -0.412 e. The molecule has 4 N–H and O–H groups in total. The van der Waals surface area contributed by atoms with Crippen LogP contribution < -0.4 is 10.6 Å². The van der Waals surface area contributed by atoms with E-state index in [4.69, 9.17) is 11.1 Å². The summed E-state index contributed by atoms with van der Waals surface area (Å²) in [7, 11) is 6.75. The van der Waals surface area contributed by atoms with Crippen LogP contribution in [-0.4, -0.2) is 67.7 Å². The van der Waals surface area contributed by atoms with Crippen LogP contribution in [0.4, 0.5) is 28.9 Å². The number of amides is 2. The molecule has 0 fully saturated rings. The SMILES string of the molecule is CN(C)C=O.CN(C)C=O.N=C(/N=C(\[NH-])Nc1cc(F)cc(F)c1)Nc1cc(F)cc(F)c1.[Pd+2].[c-]1ccccc1-c1ccccn1. The Labute approximate surface area is 278 Å². The summed E-state index contributed by atoms with van der Waals surface area (Å²) in [6.07, 6.45) is 3.29. The quantitative estimate of drug-likeness (QED) is 0.0573. The van der Waals surface area contributed by atoms with E-state index in [1.165, 1.54) is 9.80 Å². The number of anilines is 2. The molecule has 0 spiro atoms. The van der Waals surface area contributed by atoms with Crippen LogP contribution in [0.2, 0.25) is 0 Å². The minimum atomic E-state index is -0.844. The Morgan fingerprint density at radius 2 is 1.26 bits per heavy atom. The number of aromatic nitrogens is 1. The van der Waals surface area contributed by atoms with E-state index in [1.54, 1.807) is 34.4 Å². The van der Waals surface area contributed by atoms with Crippen molar-refractivity contribution in [2.24, 2.45) is 4.99 Å². The van der Waals surface area contributed by atoms with Crippen molar-refractivity contribution >= 4 is 36.1 Å². The first-order chi connectivity index (χ1) is 21.3. The summed E-state index contributed by atoms with van der Waals surface area (Å²) in [6, 6.07) is 21.9. The van der Waals surface area contributed by atoms with Gasteiger partial charge >= 0.3 is 20.4 Å². The van der Waals surface area contributed by atoms with Gasteiger partial charge in [-0.1, -0.05) is 12.1 Å². The number of carbonyl (C=O) groups is 2. The molecule has 4 aromatic rings. The summed E-state index contributed by atoms with van der Waals surface area (Å²) < 4.78 is 52.0. The molecule has 0 bridgehead atoms. The molecule has 0 unspecified atom stereocenters. The molecular formula is C31H32F4N8O2Pd. The van der Waals surface area contributed by atoms with Crippen LogP contribution in [0.25, 0.3) is 17.0 Å². The van der Waals surface area contributed by atoms with E-state index >= 15 is 0 Å². The van der Waals surface area contributed by atoms with Crippen molar-refractivity contribution in [1.29, 1.82) is 5.41 Å². The van der Waals surface area contributed by atoms with E-state index in [0.29, 0.717) is 12.1 Å². The molecule has 15 heteroatoms. The van der Waals surface area contributed by atoms with Crippen molar-refractivity contribution in [3.05, 3.63) is 120 Å². The summed E-state index contributed by atoms with van der Waals surface area (Å²) in [5, 5.41) is 12.0.